The van der Waals surface area contributed by atoms with Crippen molar-refractivity contribution >= 4 is 22.6 Å². The van der Waals surface area contributed by atoms with Gasteiger partial charge in [0.2, 0.25) is 0 Å². The molecule has 0 N–H and O–H groups in total. The highest BCUT2D eigenvalue weighted by atomic mass is 35.5. The van der Waals surface area contributed by atoms with E-state index < -0.39 is 0 Å². The van der Waals surface area contributed by atoms with Crippen LogP contribution in [0.1, 0.15) is 13.8 Å². The van der Waals surface area contributed by atoms with E-state index in [0.29, 0.717) is 28.4 Å². The Labute approximate surface area is 158 Å². The van der Waals surface area contributed by atoms with E-state index in [4.69, 9.17) is 20.8 Å². The Morgan fingerprint density at radius 2 is 1.77 bits per heavy atom. The van der Waals surface area contributed by atoms with Gasteiger partial charge in [-0.05, 0) is 55.6 Å². The molecule has 0 fully saturated rings. The van der Waals surface area contributed by atoms with Crippen LogP contribution in [0.4, 0.5) is 0 Å². The van der Waals surface area contributed by atoms with Crippen LogP contribution < -0.4 is 10.2 Å². The first-order valence-corrected chi connectivity index (χ1v) is 9.17. The maximum Gasteiger partial charge on any atom is 0.193 e. The van der Waals surface area contributed by atoms with E-state index in [1.54, 1.807) is 18.2 Å². The smallest absolute Gasteiger partial charge is 0.193 e. The lowest BCUT2D eigenvalue weighted by molar-refractivity contribution is 0.223. The zero-order valence-corrected chi connectivity index (χ0v) is 15.8. The summed E-state index contributed by atoms with van der Waals surface area (Å²) >= 11 is 5.95. The van der Waals surface area contributed by atoms with Crippen LogP contribution in [0.5, 0.6) is 5.75 Å². The van der Waals surface area contributed by atoms with Crippen LogP contribution >= 0.6 is 11.6 Å². The standard InChI is InChI=1S/C21H22ClNO3/c1-3-23(4-2)11-12-25-17-8-5-15(6-9-17)21-14-19(24)18-13-16(22)7-10-20(18)26-21/h5-10,13-14H,3-4,11-12H2,1-2H3. The Morgan fingerprint density at radius 3 is 2.46 bits per heavy atom. The Bertz CT molecular complexity index is 930. The average Bonchev–Trinajstić information content (AvgIpc) is 2.66. The number of hydrogen-bond donors (Lipinski definition) is 0. The Balaban J connectivity index is 1.75. The molecule has 2 aromatic carbocycles. The van der Waals surface area contributed by atoms with Gasteiger partial charge in [0.05, 0.1) is 5.39 Å². The van der Waals surface area contributed by atoms with Crippen LogP contribution in [-0.2, 0) is 0 Å². The van der Waals surface area contributed by atoms with Crippen molar-refractivity contribution in [2.24, 2.45) is 0 Å². The molecular weight excluding hydrogens is 350 g/mol. The normalized spacial score (nSPS) is 11.2. The van der Waals surface area contributed by atoms with E-state index in [1.165, 1.54) is 6.07 Å². The molecule has 5 heteroatoms. The molecule has 0 aliphatic carbocycles. The number of benzene rings is 2. The van der Waals surface area contributed by atoms with E-state index in [9.17, 15) is 4.79 Å². The summed E-state index contributed by atoms with van der Waals surface area (Å²) in [4.78, 5) is 14.6. The number of nitrogens with zero attached hydrogens (tertiary/aromatic N) is 1. The molecule has 0 radical (unpaired) electrons. The first-order chi connectivity index (χ1) is 12.6. The SMILES string of the molecule is CCN(CC)CCOc1ccc(-c2cc(=O)c3cc(Cl)ccc3o2)cc1. The van der Waals surface area contributed by atoms with Crippen LogP contribution in [0.25, 0.3) is 22.3 Å². The van der Waals surface area contributed by atoms with Crippen LogP contribution in [-0.4, -0.2) is 31.1 Å². The van der Waals surface area contributed by atoms with Gasteiger partial charge in [-0.1, -0.05) is 25.4 Å². The van der Waals surface area contributed by atoms with Gasteiger partial charge in [-0.3, -0.25) is 4.79 Å². The molecule has 0 saturated carbocycles. The van der Waals surface area contributed by atoms with E-state index in [0.717, 1.165) is 30.9 Å². The summed E-state index contributed by atoms with van der Waals surface area (Å²) in [6.45, 7) is 7.87. The Kier molecular flexibility index (Phi) is 5.96. The first-order valence-electron chi connectivity index (χ1n) is 8.79. The van der Waals surface area contributed by atoms with Crippen molar-refractivity contribution in [3.63, 3.8) is 0 Å². The lowest BCUT2D eigenvalue weighted by Crippen LogP contribution is -2.27. The average molecular weight is 372 g/mol. The van der Waals surface area contributed by atoms with E-state index >= 15 is 0 Å². The van der Waals surface area contributed by atoms with Gasteiger partial charge >= 0.3 is 0 Å². The van der Waals surface area contributed by atoms with Crippen molar-refractivity contribution in [3.8, 4) is 17.1 Å². The summed E-state index contributed by atoms with van der Waals surface area (Å²) < 4.78 is 11.6. The molecule has 0 bridgehead atoms. The maximum atomic E-state index is 12.3. The molecule has 0 unspecified atom stereocenters. The summed E-state index contributed by atoms with van der Waals surface area (Å²) in [5.41, 5.74) is 1.25. The van der Waals surface area contributed by atoms with Gasteiger partial charge in [-0.15, -0.1) is 0 Å². The predicted molar refractivity (Wildman–Crippen MR) is 106 cm³/mol. The van der Waals surface area contributed by atoms with Crippen LogP contribution in [0, 0.1) is 0 Å². The fourth-order valence-corrected chi connectivity index (χ4v) is 2.99. The highest BCUT2D eigenvalue weighted by molar-refractivity contribution is 6.31. The molecule has 3 rings (SSSR count). The van der Waals surface area contributed by atoms with Crippen molar-refractivity contribution in [1.82, 2.24) is 4.90 Å². The number of rotatable bonds is 7. The second-order valence-electron chi connectivity index (χ2n) is 6.02. The topological polar surface area (TPSA) is 42.7 Å². The molecule has 26 heavy (non-hydrogen) atoms. The quantitative estimate of drug-likeness (QED) is 0.596. The molecule has 1 aromatic heterocycles. The van der Waals surface area contributed by atoms with Gasteiger partial charge in [-0.2, -0.15) is 0 Å². The van der Waals surface area contributed by atoms with Crippen LogP contribution in [0.15, 0.2) is 57.7 Å². The Hall–Kier alpha value is -2.30. The molecule has 0 aliphatic heterocycles. The number of halogens is 1. The van der Waals surface area contributed by atoms with E-state index in [-0.39, 0.29) is 5.43 Å². The largest absolute Gasteiger partial charge is 0.492 e. The van der Waals surface area contributed by atoms with Gasteiger partial charge in [0.25, 0.3) is 0 Å². The zero-order valence-electron chi connectivity index (χ0n) is 15.0. The molecule has 1 heterocycles. The molecule has 0 saturated heterocycles. The predicted octanol–water partition coefficient (Wildman–Crippen LogP) is 4.83. The summed E-state index contributed by atoms with van der Waals surface area (Å²) in [6, 6.07) is 14.1. The van der Waals surface area contributed by atoms with Gasteiger partial charge in [-0.25, -0.2) is 0 Å². The van der Waals surface area contributed by atoms with Crippen molar-refractivity contribution in [3.05, 3.63) is 63.8 Å². The Morgan fingerprint density at radius 1 is 1.04 bits per heavy atom. The van der Waals surface area contributed by atoms with Crippen molar-refractivity contribution in [1.29, 1.82) is 0 Å². The molecule has 136 valence electrons. The third kappa shape index (κ3) is 4.26. The monoisotopic (exact) mass is 371 g/mol. The minimum Gasteiger partial charge on any atom is -0.492 e. The number of fused-ring (bicyclic) bond motifs is 1. The van der Waals surface area contributed by atoms with E-state index in [1.807, 2.05) is 24.3 Å². The van der Waals surface area contributed by atoms with Crippen molar-refractivity contribution in [2.75, 3.05) is 26.2 Å². The highest BCUT2D eigenvalue weighted by Gasteiger charge is 2.08. The first kappa shape index (κ1) is 18.5. The highest BCUT2D eigenvalue weighted by Crippen LogP contribution is 2.25. The zero-order chi connectivity index (χ0) is 18.5. The fourth-order valence-electron chi connectivity index (χ4n) is 2.82. The number of ether oxygens (including phenoxy) is 1. The lowest BCUT2D eigenvalue weighted by atomic mass is 10.1. The molecule has 0 aliphatic rings. The lowest BCUT2D eigenvalue weighted by Gasteiger charge is -2.18. The summed E-state index contributed by atoms with van der Waals surface area (Å²) in [5.74, 6) is 1.33. The third-order valence-corrected chi connectivity index (χ3v) is 4.63. The second-order valence-corrected chi connectivity index (χ2v) is 6.45. The number of likely N-dealkylation sites (N-methyl/N-ethyl adjacent to an activating group) is 1. The van der Waals surface area contributed by atoms with Crippen LogP contribution in [0.3, 0.4) is 0 Å². The van der Waals surface area contributed by atoms with Crippen molar-refractivity contribution in [2.45, 2.75) is 13.8 Å². The molecule has 0 amide bonds. The minimum atomic E-state index is -0.108. The van der Waals surface area contributed by atoms with E-state index in [2.05, 4.69) is 18.7 Å². The van der Waals surface area contributed by atoms with Crippen molar-refractivity contribution < 1.29 is 9.15 Å². The molecule has 0 spiro atoms. The maximum absolute atomic E-state index is 12.3. The minimum absolute atomic E-state index is 0.108. The molecule has 0 atom stereocenters. The van der Waals surface area contributed by atoms with Gasteiger partial charge in [0.1, 0.15) is 23.7 Å². The van der Waals surface area contributed by atoms with Gasteiger partial charge in [0, 0.05) is 23.2 Å². The van der Waals surface area contributed by atoms with Crippen LogP contribution in [0.2, 0.25) is 5.02 Å². The van der Waals surface area contributed by atoms with Gasteiger partial charge < -0.3 is 14.1 Å². The van der Waals surface area contributed by atoms with Gasteiger partial charge in [0.15, 0.2) is 5.43 Å². The summed E-state index contributed by atoms with van der Waals surface area (Å²) in [6.07, 6.45) is 0. The summed E-state index contributed by atoms with van der Waals surface area (Å²) in [7, 11) is 0. The molecule has 4 nitrogen and oxygen atoms in total. The second kappa shape index (κ2) is 8.39. The third-order valence-electron chi connectivity index (χ3n) is 4.40. The molecular formula is C21H22ClNO3. The molecule has 3 aromatic rings. The number of hydrogen-bond acceptors (Lipinski definition) is 4. The summed E-state index contributed by atoms with van der Waals surface area (Å²) in [5, 5.41) is 1.00. The fraction of sp³-hybridized carbons (Fsp3) is 0.286.